The first kappa shape index (κ1) is 28.1. The Bertz CT molecular complexity index is 1110. The van der Waals surface area contributed by atoms with Gasteiger partial charge < -0.3 is 24.0 Å². The van der Waals surface area contributed by atoms with Crippen molar-refractivity contribution < 1.29 is 26.9 Å². The molecule has 192 valence electrons. The van der Waals surface area contributed by atoms with Crippen LogP contribution in [0.5, 0.6) is 11.5 Å². The van der Waals surface area contributed by atoms with Gasteiger partial charge in [0.25, 0.3) is 0 Å². The molecular formula is C25H35N3O6S. The maximum absolute atomic E-state index is 12.9. The minimum atomic E-state index is -4.17. The molecule has 9 nitrogen and oxygen atoms in total. The number of hydrogen-bond donors (Lipinski definition) is 1. The predicted octanol–water partition coefficient (Wildman–Crippen LogP) is 3.36. The molecule has 0 aliphatic carbocycles. The molecule has 10 heteroatoms. The highest BCUT2D eigenvalue weighted by Crippen LogP contribution is 2.31. The zero-order valence-electron chi connectivity index (χ0n) is 21.2. The zero-order valence-corrected chi connectivity index (χ0v) is 22.0. The summed E-state index contributed by atoms with van der Waals surface area (Å²) in [5, 5.41) is 2.59. The lowest BCUT2D eigenvalue weighted by molar-refractivity contribution is -0.132. The quantitative estimate of drug-likeness (QED) is 0.441. The Kier molecular flexibility index (Phi) is 10.1. The van der Waals surface area contributed by atoms with Crippen LogP contribution in [0, 0.1) is 5.92 Å². The maximum atomic E-state index is 12.9. The number of nitrogens with zero attached hydrogens (tertiary/aromatic N) is 2. The van der Waals surface area contributed by atoms with Gasteiger partial charge >= 0.3 is 10.1 Å². The number of amides is 2. The molecule has 2 rings (SSSR count). The lowest BCUT2D eigenvalue weighted by Gasteiger charge is -2.25. The highest BCUT2D eigenvalue weighted by molar-refractivity contribution is 7.87. The molecule has 2 aromatic carbocycles. The molecule has 0 saturated heterocycles. The molecule has 0 aromatic heterocycles. The first-order valence-electron chi connectivity index (χ1n) is 11.3. The van der Waals surface area contributed by atoms with Gasteiger partial charge in [-0.25, -0.2) is 0 Å². The molecule has 0 aliphatic rings. The second-order valence-electron chi connectivity index (χ2n) is 8.94. The van der Waals surface area contributed by atoms with Crippen molar-refractivity contribution in [3.8, 4) is 11.5 Å². The van der Waals surface area contributed by atoms with Gasteiger partial charge in [0.2, 0.25) is 11.8 Å². The van der Waals surface area contributed by atoms with Crippen molar-refractivity contribution in [1.82, 2.24) is 9.80 Å². The van der Waals surface area contributed by atoms with E-state index >= 15 is 0 Å². The number of methoxy groups -OCH3 is 1. The normalized spacial score (nSPS) is 11.4. The molecule has 0 fully saturated rings. The molecule has 2 amide bonds. The number of anilines is 1. The summed E-state index contributed by atoms with van der Waals surface area (Å²) >= 11 is 0. The second-order valence-corrected chi connectivity index (χ2v) is 10.5. The average molecular weight is 506 g/mol. The van der Waals surface area contributed by atoms with E-state index in [1.165, 1.54) is 38.3 Å². The Hall–Kier alpha value is -3.11. The van der Waals surface area contributed by atoms with Crippen LogP contribution in [0.25, 0.3) is 0 Å². The summed E-state index contributed by atoms with van der Waals surface area (Å²) < 4.78 is 36.5. The van der Waals surface area contributed by atoms with Crippen LogP contribution in [0.4, 0.5) is 5.69 Å². The van der Waals surface area contributed by atoms with E-state index in [0.29, 0.717) is 37.3 Å². The summed E-state index contributed by atoms with van der Waals surface area (Å²) in [7, 11) is 1.14. The minimum Gasteiger partial charge on any atom is -0.493 e. The smallest absolute Gasteiger partial charge is 0.339 e. The fourth-order valence-corrected chi connectivity index (χ4v) is 4.20. The van der Waals surface area contributed by atoms with Crippen LogP contribution in [-0.4, -0.2) is 64.3 Å². The molecule has 1 N–H and O–H groups in total. The highest BCUT2D eigenvalue weighted by atomic mass is 32.2. The van der Waals surface area contributed by atoms with Crippen molar-refractivity contribution in [3.05, 3.63) is 48.0 Å². The van der Waals surface area contributed by atoms with Crippen molar-refractivity contribution in [2.24, 2.45) is 5.92 Å². The lowest BCUT2D eigenvalue weighted by atomic mass is 10.1. The van der Waals surface area contributed by atoms with Crippen molar-refractivity contribution in [1.29, 1.82) is 0 Å². The van der Waals surface area contributed by atoms with E-state index in [4.69, 9.17) is 8.92 Å². The van der Waals surface area contributed by atoms with E-state index in [-0.39, 0.29) is 34.1 Å². The van der Waals surface area contributed by atoms with E-state index < -0.39 is 10.1 Å². The van der Waals surface area contributed by atoms with Gasteiger partial charge in [-0.15, -0.1) is 0 Å². The van der Waals surface area contributed by atoms with Crippen LogP contribution in [0.3, 0.4) is 0 Å². The van der Waals surface area contributed by atoms with Crippen molar-refractivity contribution in [2.75, 3.05) is 39.6 Å². The molecule has 0 saturated carbocycles. The van der Waals surface area contributed by atoms with Gasteiger partial charge in [0.1, 0.15) is 4.90 Å². The summed E-state index contributed by atoms with van der Waals surface area (Å²) in [5.74, 6) is 0.276. The number of nitrogens with one attached hydrogen (secondary N) is 1. The molecular weight excluding hydrogens is 470 g/mol. The number of benzene rings is 2. The number of ether oxygens (including phenoxy) is 1. The number of rotatable bonds is 12. The van der Waals surface area contributed by atoms with E-state index in [9.17, 15) is 18.0 Å². The molecule has 0 heterocycles. The van der Waals surface area contributed by atoms with Crippen LogP contribution in [0.2, 0.25) is 0 Å². The van der Waals surface area contributed by atoms with E-state index in [1.54, 1.807) is 23.1 Å². The SMILES string of the molecule is COc1ccc(CN(CCN(C)C)C(=O)CC(C)C)cc1OS(=O)(=O)c1ccc(NC(C)=O)cc1. The maximum Gasteiger partial charge on any atom is 0.339 e. The molecule has 0 unspecified atom stereocenters. The molecule has 35 heavy (non-hydrogen) atoms. The summed E-state index contributed by atoms with van der Waals surface area (Å²) in [4.78, 5) is 27.7. The van der Waals surface area contributed by atoms with Crippen molar-refractivity contribution >= 4 is 27.6 Å². The summed E-state index contributed by atoms with van der Waals surface area (Å²) in [6, 6.07) is 10.6. The third-order valence-electron chi connectivity index (χ3n) is 5.02. The van der Waals surface area contributed by atoms with Crippen LogP contribution in [0.1, 0.15) is 32.8 Å². The van der Waals surface area contributed by atoms with E-state index in [2.05, 4.69) is 5.32 Å². The third kappa shape index (κ3) is 8.88. The summed E-state index contributed by atoms with van der Waals surface area (Å²) in [6.45, 7) is 6.91. The van der Waals surface area contributed by atoms with Crippen LogP contribution < -0.4 is 14.2 Å². The van der Waals surface area contributed by atoms with Crippen LogP contribution in [-0.2, 0) is 26.3 Å². The topological polar surface area (TPSA) is 105 Å². The summed E-state index contributed by atoms with van der Waals surface area (Å²) in [5.41, 5.74) is 1.19. The predicted molar refractivity (Wildman–Crippen MR) is 135 cm³/mol. The third-order valence-corrected chi connectivity index (χ3v) is 6.27. The fraction of sp³-hybridized carbons (Fsp3) is 0.440. The molecule has 0 spiro atoms. The minimum absolute atomic E-state index is 0.0276. The lowest BCUT2D eigenvalue weighted by Crippen LogP contribution is -2.36. The number of hydrogen-bond acceptors (Lipinski definition) is 7. The van der Waals surface area contributed by atoms with Gasteiger partial charge in [-0.1, -0.05) is 19.9 Å². The van der Waals surface area contributed by atoms with Gasteiger partial charge in [-0.3, -0.25) is 9.59 Å². The van der Waals surface area contributed by atoms with Crippen LogP contribution >= 0.6 is 0 Å². The van der Waals surface area contributed by atoms with Gasteiger partial charge in [-0.2, -0.15) is 8.42 Å². The molecule has 2 aromatic rings. The fourth-order valence-electron chi connectivity index (χ4n) is 3.27. The first-order valence-corrected chi connectivity index (χ1v) is 12.7. The average Bonchev–Trinajstić information content (AvgIpc) is 2.75. The Morgan fingerprint density at radius 1 is 1.00 bits per heavy atom. The molecule has 0 bridgehead atoms. The number of carbonyl (C=O) groups is 2. The van der Waals surface area contributed by atoms with Gasteiger partial charge in [-0.05, 0) is 62.0 Å². The van der Waals surface area contributed by atoms with Crippen molar-refractivity contribution in [2.45, 2.75) is 38.6 Å². The molecule has 0 aliphatic heterocycles. The Morgan fingerprint density at radius 2 is 1.66 bits per heavy atom. The Labute approximate surface area is 208 Å². The molecule has 0 atom stereocenters. The standard InChI is InChI=1S/C25H35N3O6S/c1-18(2)15-25(30)28(14-13-27(4)5)17-20-7-12-23(33-6)24(16-20)34-35(31,32)22-10-8-21(9-11-22)26-19(3)29/h7-12,16,18H,13-15,17H2,1-6H3,(H,26,29). The number of likely N-dealkylation sites (N-methyl/N-ethyl adjacent to an activating group) is 1. The van der Waals surface area contributed by atoms with Crippen molar-refractivity contribution in [3.63, 3.8) is 0 Å². The number of carbonyl (C=O) groups excluding carboxylic acids is 2. The van der Waals surface area contributed by atoms with E-state index in [1.807, 2.05) is 32.8 Å². The van der Waals surface area contributed by atoms with E-state index in [0.717, 1.165) is 0 Å². The monoisotopic (exact) mass is 505 g/mol. The summed E-state index contributed by atoms with van der Waals surface area (Å²) in [6.07, 6.45) is 0.426. The van der Waals surface area contributed by atoms with Gasteiger partial charge in [0.15, 0.2) is 11.5 Å². The van der Waals surface area contributed by atoms with Gasteiger partial charge in [0.05, 0.1) is 7.11 Å². The first-order chi connectivity index (χ1) is 16.4. The molecule has 0 radical (unpaired) electrons. The largest absolute Gasteiger partial charge is 0.493 e. The van der Waals surface area contributed by atoms with Crippen LogP contribution in [0.15, 0.2) is 47.4 Å². The zero-order chi connectivity index (χ0) is 26.2. The second kappa shape index (κ2) is 12.6. The highest BCUT2D eigenvalue weighted by Gasteiger charge is 2.21. The van der Waals surface area contributed by atoms with Gasteiger partial charge in [0, 0.05) is 38.7 Å². The Balaban J connectivity index is 2.28. The Morgan fingerprint density at radius 3 is 2.20 bits per heavy atom.